The first-order valence-corrected chi connectivity index (χ1v) is 11.4. The molecule has 10 nitrogen and oxygen atoms in total. The van der Waals surface area contributed by atoms with Gasteiger partial charge in [-0.1, -0.05) is 0 Å². The highest BCUT2D eigenvalue weighted by Gasteiger charge is 2.28. The molecule has 5 rings (SSSR count). The Morgan fingerprint density at radius 2 is 2.03 bits per heavy atom. The Labute approximate surface area is 196 Å². The quantitative estimate of drug-likeness (QED) is 0.529. The molecular formula is C24H28N4O6. The summed E-state index contributed by atoms with van der Waals surface area (Å²) in [5.74, 6) is 2.02. The first kappa shape index (κ1) is 22.6. The molecule has 0 radical (unpaired) electrons. The topological polar surface area (TPSA) is 117 Å². The lowest BCUT2D eigenvalue weighted by Gasteiger charge is -2.32. The lowest BCUT2D eigenvalue weighted by molar-refractivity contribution is -0.0771. The summed E-state index contributed by atoms with van der Waals surface area (Å²) >= 11 is 0. The number of nitrogens with one attached hydrogen (secondary N) is 1. The Morgan fingerprint density at radius 1 is 1.18 bits per heavy atom. The van der Waals surface area contributed by atoms with Gasteiger partial charge in [0.2, 0.25) is 0 Å². The summed E-state index contributed by atoms with van der Waals surface area (Å²) in [5, 5.41) is 14.3. The smallest absolute Gasteiger partial charge is 0.269 e. The van der Waals surface area contributed by atoms with Crippen molar-refractivity contribution >= 4 is 11.0 Å². The second-order valence-corrected chi connectivity index (χ2v) is 8.48. The summed E-state index contributed by atoms with van der Waals surface area (Å²) in [7, 11) is 1.57. The number of nitrogens with zero attached hydrogens (tertiary/aromatic N) is 3. The number of hydrogen-bond acceptors (Lipinski definition) is 9. The van der Waals surface area contributed by atoms with Crippen molar-refractivity contribution < 1.29 is 24.1 Å². The Kier molecular flexibility index (Phi) is 6.61. The van der Waals surface area contributed by atoms with Crippen molar-refractivity contribution in [3.63, 3.8) is 0 Å². The minimum absolute atomic E-state index is 0.120. The zero-order chi connectivity index (χ0) is 23.5. The van der Waals surface area contributed by atoms with E-state index in [2.05, 4.69) is 15.3 Å². The highest BCUT2D eigenvalue weighted by Crippen LogP contribution is 2.29. The molecule has 10 heteroatoms. The monoisotopic (exact) mass is 468 g/mol. The van der Waals surface area contributed by atoms with Gasteiger partial charge >= 0.3 is 0 Å². The van der Waals surface area contributed by atoms with Crippen molar-refractivity contribution in [2.24, 2.45) is 0 Å². The third kappa shape index (κ3) is 4.84. The summed E-state index contributed by atoms with van der Waals surface area (Å²) in [6, 6.07) is 7.37. The minimum Gasteiger partial charge on any atom is -0.497 e. The molecule has 0 spiro atoms. The molecule has 2 aromatic heterocycles. The Morgan fingerprint density at radius 3 is 2.82 bits per heavy atom. The number of hydrogen-bond donors (Lipinski definition) is 2. The van der Waals surface area contributed by atoms with Crippen LogP contribution in [0.5, 0.6) is 17.2 Å². The summed E-state index contributed by atoms with van der Waals surface area (Å²) in [4.78, 5) is 21.1. The molecule has 2 aliphatic heterocycles. The molecular weight excluding hydrogens is 440 g/mol. The van der Waals surface area contributed by atoms with Gasteiger partial charge in [-0.2, -0.15) is 0 Å². The van der Waals surface area contributed by atoms with E-state index >= 15 is 0 Å². The van der Waals surface area contributed by atoms with Crippen LogP contribution in [0.2, 0.25) is 0 Å². The molecule has 0 saturated carbocycles. The van der Waals surface area contributed by atoms with Gasteiger partial charge in [0.1, 0.15) is 19.0 Å². The normalized spacial score (nSPS) is 20.8. The maximum Gasteiger partial charge on any atom is 0.269 e. The molecule has 0 amide bonds. The molecule has 4 heterocycles. The molecule has 0 aliphatic carbocycles. The first-order chi connectivity index (χ1) is 16.6. The number of aromatic nitrogens is 3. The minimum atomic E-state index is -0.824. The van der Waals surface area contributed by atoms with E-state index in [-0.39, 0.29) is 24.2 Å². The zero-order valence-corrected chi connectivity index (χ0v) is 19.0. The van der Waals surface area contributed by atoms with Gasteiger partial charge in [-0.3, -0.25) is 9.78 Å². The average molecular weight is 469 g/mol. The summed E-state index contributed by atoms with van der Waals surface area (Å²) in [6.45, 7) is 2.25. The molecule has 2 N–H and O–H groups in total. The highest BCUT2D eigenvalue weighted by atomic mass is 16.6. The number of fused-ring (bicyclic) bond motifs is 2. The van der Waals surface area contributed by atoms with Gasteiger partial charge in [-0.25, -0.2) is 4.98 Å². The number of pyridine rings is 1. The predicted molar refractivity (Wildman–Crippen MR) is 123 cm³/mol. The van der Waals surface area contributed by atoms with Crippen molar-refractivity contribution in [2.45, 2.75) is 44.2 Å². The Balaban J connectivity index is 1.17. The number of methoxy groups -OCH3 is 1. The van der Waals surface area contributed by atoms with Crippen LogP contribution in [0.15, 0.2) is 41.5 Å². The number of benzene rings is 1. The average Bonchev–Trinajstić information content (AvgIpc) is 2.89. The van der Waals surface area contributed by atoms with Crippen LogP contribution in [0.4, 0.5) is 0 Å². The number of aliphatic hydroxyl groups is 1. The van der Waals surface area contributed by atoms with E-state index in [1.165, 1.54) is 10.8 Å². The van der Waals surface area contributed by atoms with Gasteiger partial charge in [0.15, 0.2) is 11.5 Å². The largest absolute Gasteiger partial charge is 0.497 e. The van der Waals surface area contributed by atoms with E-state index in [9.17, 15) is 9.90 Å². The van der Waals surface area contributed by atoms with Gasteiger partial charge < -0.3 is 33.9 Å². The van der Waals surface area contributed by atoms with Crippen LogP contribution in [-0.2, 0) is 17.8 Å². The van der Waals surface area contributed by atoms with Crippen LogP contribution in [0.25, 0.3) is 11.0 Å². The van der Waals surface area contributed by atoms with E-state index in [0.29, 0.717) is 55.3 Å². The Hall–Kier alpha value is -3.21. The maximum atomic E-state index is 12.5. The molecule has 3 aromatic rings. The molecule has 3 atom stereocenters. The first-order valence-electron chi connectivity index (χ1n) is 11.4. The molecule has 1 fully saturated rings. The van der Waals surface area contributed by atoms with Gasteiger partial charge in [-0.05, 0) is 25.0 Å². The van der Waals surface area contributed by atoms with E-state index < -0.39 is 6.10 Å². The number of rotatable bonds is 7. The Bertz CT molecular complexity index is 1210. The molecule has 0 bridgehead atoms. The van der Waals surface area contributed by atoms with E-state index in [1.54, 1.807) is 31.5 Å². The van der Waals surface area contributed by atoms with Crippen LogP contribution in [0, 0.1) is 0 Å². The van der Waals surface area contributed by atoms with Crippen molar-refractivity contribution in [1.29, 1.82) is 0 Å². The molecule has 34 heavy (non-hydrogen) atoms. The lowest BCUT2D eigenvalue weighted by Crippen LogP contribution is -2.45. The van der Waals surface area contributed by atoms with Crippen LogP contribution in [-0.4, -0.2) is 64.8 Å². The lowest BCUT2D eigenvalue weighted by atomic mass is 10.0. The fourth-order valence-electron chi connectivity index (χ4n) is 4.33. The van der Waals surface area contributed by atoms with Gasteiger partial charge in [0.25, 0.3) is 5.56 Å². The fraction of sp³-hybridized carbons (Fsp3) is 0.458. The summed E-state index contributed by atoms with van der Waals surface area (Å²) in [5.41, 5.74) is 1.87. The van der Waals surface area contributed by atoms with E-state index in [0.717, 1.165) is 17.9 Å². The third-order valence-electron chi connectivity index (χ3n) is 6.22. The molecule has 1 saturated heterocycles. The molecule has 1 unspecified atom stereocenters. The SMILES string of the molecule is COc1ccc2ncc(=O)n(C[C@H](O)C3CC[C@@H](NCc4cc5c(cn4)OCCO5)CO3)c2c1. The summed E-state index contributed by atoms with van der Waals surface area (Å²) in [6.07, 6.45) is 3.30. The van der Waals surface area contributed by atoms with Gasteiger partial charge in [-0.15, -0.1) is 0 Å². The van der Waals surface area contributed by atoms with Crippen LogP contribution in [0.1, 0.15) is 18.5 Å². The van der Waals surface area contributed by atoms with Crippen molar-refractivity contribution in [2.75, 3.05) is 26.9 Å². The van der Waals surface area contributed by atoms with Gasteiger partial charge in [0.05, 0.1) is 61.6 Å². The molecule has 180 valence electrons. The van der Waals surface area contributed by atoms with Crippen LogP contribution >= 0.6 is 0 Å². The van der Waals surface area contributed by atoms with Crippen LogP contribution in [0.3, 0.4) is 0 Å². The van der Waals surface area contributed by atoms with E-state index in [1.807, 2.05) is 6.07 Å². The summed E-state index contributed by atoms with van der Waals surface area (Å²) < 4.78 is 23.9. The number of aliphatic hydroxyl groups excluding tert-OH is 1. The zero-order valence-electron chi connectivity index (χ0n) is 19.0. The van der Waals surface area contributed by atoms with Crippen molar-refractivity contribution in [3.05, 3.63) is 52.7 Å². The van der Waals surface area contributed by atoms with Crippen LogP contribution < -0.4 is 25.1 Å². The standard InChI is InChI=1S/C24H28N4O6/c1-31-17-3-4-18-19(9-17)28(24(30)12-27-18)13-20(29)21-5-2-15(14-34-21)25-10-16-8-22-23(11-26-16)33-7-6-32-22/h3-4,8-9,11-12,15,20-21,25,29H,2,5-7,10,13-14H2,1H3/t15-,20+,21?/m1/s1. The fourth-order valence-corrected chi connectivity index (χ4v) is 4.33. The maximum absolute atomic E-state index is 12.5. The van der Waals surface area contributed by atoms with E-state index in [4.69, 9.17) is 18.9 Å². The number of ether oxygens (including phenoxy) is 4. The van der Waals surface area contributed by atoms with Crippen molar-refractivity contribution in [1.82, 2.24) is 19.9 Å². The predicted octanol–water partition coefficient (Wildman–Crippen LogP) is 1.27. The second kappa shape index (κ2) is 9.96. The second-order valence-electron chi connectivity index (χ2n) is 8.48. The van der Waals surface area contributed by atoms with Crippen molar-refractivity contribution in [3.8, 4) is 17.2 Å². The van der Waals surface area contributed by atoms with Gasteiger partial charge in [0, 0.05) is 24.7 Å². The molecule has 1 aromatic carbocycles. The highest BCUT2D eigenvalue weighted by molar-refractivity contribution is 5.76. The molecule has 2 aliphatic rings. The third-order valence-corrected chi connectivity index (χ3v) is 6.22.